The average molecular weight is 380 g/mol. The molecule has 0 heterocycles. The summed E-state index contributed by atoms with van der Waals surface area (Å²) in [5, 5.41) is 2.63. The van der Waals surface area contributed by atoms with Crippen molar-refractivity contribution in [3.05, 3.63) is 54.3 Å². The first-order valence-electron chi connectivity index (χ1n) is 8.01. The van der Waals surface area contributed by atoms with Gasteiger partial charge in [-0.1, -0.05) is 18.2 Å². The standard InChI is InChI=1S/C18H21FN2O4S/c1-4-25-15-9-7-8-14(12-15)20-18(22)13(2)21(26(3,23)24)17-11-6-5-10-16(17)19/h5-13H,4H2,1-3H3,(H,20,22)/t13-/m1/s1. The monoisotopic (exact) mass is 380 g/mol. The van der Waals surface area contributed by atoms with Crippen LogP contribution in [0.4, 0.5) is 15.8 Å². The lowest BCUT2D eigenvalue weighted by atomic mass is 10.2. The number of para-hydroxylation sites is 1. The lowest BCUT2D eigenvalue weighted by molar-refractivity contribution is -0.116. The second-order valence-corrected chi connectivity index (χ2v) is 7.50. The summed E-state index contributed by atoms with van der Waals surface area (Å²) in [6.07, 6.45) is 0.929. The van der Waals surface area contributed by atoms with Gasteiger partial charge in [0.05, 0.1) is 18.6 Å². The van der Waals surface area contributed by atoms with Crippen LogP contribution in [0.5, 0.6) is 5.75 Å². The fourth-order valence-electron chi connectivity index (χ4n) is 2.49. The van der Waals surface area contributed by atoms with Crippen molar-refractivity contribution in [2.75, 3.05) is 22.5 Å². The van der Waals surface area contributed by atoms with Crippen LogP contribution in [-0.2, 0) is 14.8 Å². The molecule has 0 fully saturated rings. The number of halogens is 1. The normalized spacial score (nSPS) is 12.3. The second kappa shape index (κ2) is 8.18. The first-order chi connectivity index (χ1) is 12.2. The van der Waals surface area contributed by atoms with Crippen molar-refractivity contribution >= 4 is 27.3 Å². The van der Waals surface area contributed by atoms with Crippen molar-refractivity contribution in [3.8, 4) is 5.75 Å². The predicted molar refractivity (Wildman–Crippen MR) is 99.4 cm³/mol. The number of anilines is 2. The Bertz CT molecular complexity index is 886. The van der Waals surface area contributed by atoms with Crippen LogP contribution in [0.2, 0.25) is 0 Å². The minimum atomic E-state index is -3.89. The van der Waals surface area contributed by atoms with Gasteiger partial charge >= 0.3 is 0 Å². The molecule has 2 aromatic carbocycles. The molecule has 1 atom stereocenters. The van der Waals surface area contributed by atoms with Gasteiger partial charge in [0.15, 0.2) is 0 Å². The third kappa shape index (κ3) is 4.72. The molecule has 2 aromatic rings. The van der Waals surface area contributed by atoms with Gasteiger partial charge in [-0.15, -0.1) is 0 Å². The third-order valence-electron chi connectivity index (χ3n) is 3.59. The van der Waals surface area contributed by atoms with E-state index in [1.807, 2.05) is 6.92 Å². The van der Waals surface area contributed by atoms with E-state index in [1.54, 1.807) is 24.3 Å². The molecule has 6 nitrogen and oxygen atoms in total. The van der Waals surface area contributed by atoms with Crippen LogP contribution in [0, 0.1) is 5.82 Å². The quantitative estimate of drug-likeness (QED) is 0.801. The van der Waals surface area contributed by atoms with E-state index in [2.05, 4.69) is 5.32 Å². The Labute approximate surface area is 152 Å². The summed E-state index contributed by atoms with van der Waals surface area (Å²) in [6.45, 7) is 3.71. The number of hydrogen-bond donors (Lipinski definition) is 1. The Morgan fingerprint density at radius 3 is 2.54 bits per heavy atom. The van der Waals surface area contributed by atoms with Gasteiger partial charge in [-0.05, 0) is 38.1 Å². The molecule has 2 rings (SSSR count). The molecule has 0 bridgehead atoms. The van der Waals surface area contributed by atoms with Crippen LogP contribution in [0.15, 0.2) is 48.5 Å². The Balaban J connectivity index is 2.29. The molecule has 8 heteroatoms. The first-order valence-corrected chi connectivity index (χ1v) is 9.86. The van der Waals surface area contributed by atoms with E-state index in [1.165, 1.54) is 25.1 Å². The van der Waals surface area contributed by atoms with Crippen molar-refractivity contribution in [3.63, 3.8) is 0 Å². The van der Waals surface area contributed by atoms with Crippen molar-refractivity contribution in [1.82, 2.24) is 0 Å². The van der Waals surface area contributed by atoms with Crippen molar-refractivity contribution in [2.45, 2.75) is 19.9 Å². The Hall–Kier alpha value is -2.61. The van der Waals surface area contributed by atoms with Crippen molar-refractivity contribution < 1.29 is 22.3 Å². The van der Waals surface area contributed by atoms with Gasteiger partial charge in [-0.25, -0.2) is 12.8 Å². The largest absolute Gasteiger partial charge is 0.494 e. The van der Waals surface area contributed by atoms with E-state index >= 15 is 0 Å². The fraction of sp³-hybridized carbons (Fsp3) is 0.278. The molecule has 140 valence electrons. The number of hydrogen-bond acceptors (Lipinski definition) is 4. The number of rotatable bonds is 7. The van der Waals surface area contributed by atoms with Gasteiger partial charge in [-0.2, -0.15) is 0 Å². The van der Waals surface area contributed by atoms with Crippen molar-refractivity contribution in [1.29, 1.82) is 0 Å². The van der Waals surface area contributed by atoms with Crippen molar-refractivity contribution in [2.24, 2.45) is 0 Å². The molecule has 0 spiro atoms. The Morgan fingerprint density at radius 1 is 1.23 bits per heavy atom. The molecular formula is C18H21FN2O4S. The topological polar surface area (TPSA) is 75.7 Å². The summed E-state index contributed by atoms with van der Waals surface area (Å²) < 4.78 is 44.6. The van der Waals surface area contributed by atoms with E-state index in [-0.39, 0.29) is 5.69 Å². The van der Waals surface area contributed by atoms with Gasteiger partial charge in [0.1, 0.15) is 17.6 Å². The van der Waals surface area contributed by atoms with E-state index < -0.39 is 27.8 Å². The van der Waals surface area contributed by atoms with Crippen LogP contribution >= 0.6 is 0 Å². The number of sulfonamides is 1. The van der Waals surface area contributed by atoms with E-state index in [0.717, 1.165) is 16.6 Å². The number of nitrogens with zero attached hydrogens (tertiary/aromatic N) is 1. The zero-order valence-electron chi connectivity index (χ0n) is 14.8. The summed E-state index contributed by atoms with van der Waals surface area (Å²) >= 11 is 0. The van der Waals surface area contributed by atoms with Crippen LogP contribution in [0.1, 0.15) is 13.8 Å². The first kappa shape index (κ1) is 19.7. The van der Waals surface area contributed by atoms with Gasteiger partial charge in [0.25, 0.3) is 0 Å². The number of ether oxygens (including phenoxy) is 1. The molecular weight excluding hydrogens is 359 g/mol. The van der Waals surface area contributed by atoms with Gasteiger partial charge < -0.3 is 10.1 Å². The SMILES string of the molecule is CCOc1cccc(NC(=O)[C@@H](C)N(c2ccccc2F)S(C)(=O)=O)c1. The predicted octanol–water partition coefficient (Wildman–Crippen LogP) is 3.02. The van der Waals surface area contributed by atoms with Gasteiger partial charge in [0.2, 0.25) is 15.9 Å². The van der Waals surface area contributed by atoms with Crippen LogP contribution < -0.4 is 14.4 Å². The molecule has 26 heavy (non-hydrogen) atoms. The zero-order valence-corrected chi connectivity index (χ0v) is 15.6. The minimum absolute atomic E-state index is 0.180. The smallest absolute Gasteiger partial charge is 0.247 e. The third-order valence-corrected chi connectivity index (χ3v) is 4.82. The highest BCUT2D eigenvalue weighted by molar-refractivity contribution is 7.92. The summed E-state index contributed by atoms with van der Waals surface area (Å²) in [6, 6.07) is 11.0. The molecule has 0 saturated heterocycles. The van der Waals surface area contributed by atoms with Crippen LogP contribution in [0.3, 0.4) is 0 Å². The number of nitrogens with one attached hydrogen (secondary N) is 1. The second-order valence-electron chi connectivity index (χ2n) is 5.64. The van der Waals surface area contributed by atoms with E-state index in [0.29, 0.717) is 18.0 Å². The lowest BCUT2D eigenvalue weighted by Crippen LogP contribution is -2.45. The zero-order chi connectivity index (χ0) is 19.3. The Morgan fingerprint density at radius 2 is 1.92 bits per heavy atom. The molecule has 0 aliphatic rings. The Kier molecular flexibility index (Phi) is 6.20. The molecule has 1 amide bonds. The van der Waals surface area contributed by atoms with Gasteiger partial charge in [0, 0.05) is 11.8 Å². The molecule has 0 radical (unpaired) electrons. The molecule has 1 N–H and O–H groups in total. The highest BCUT2D eigenvalue weighted by atomic mass is 32.2. The molecule has 0 aromatic heterocycles. The molecule has 0 saturated carbocycles. The number of benzene rings is 2. The lowest BCUT2D eigenvalue weighted by Gasteiger charge is -2.28. The fourth-order valence-corrected chi connectivity index (χ4v) is 3.66. The number of amides is 1. The maximum Gasteiger partial charge on any atom is 0.247 e. The van der Waals surface area contributed by atoms with Gasteiger partial charge in [-0.3, -0.25) is 9.10 Å². The summed E-state index contributed by atoms with van der Waals surface area (Å²) in [5.41, 5.74) is 0.274. The average Bonchev–Trinajstić information content (AvgIpc) is 2.56. The molecule has 0 aliphatic carbocycles. The van der Waals surface area contributed by atoms with E-state index in [4.69, 9.17) is 4.74 Å². The van der Waals surface area contributed by atoms with Crippen LogP contribution in [-0.4, -0.2) is 33.2 Å². The number of carbonyl (C=O) groups is 1. The minimum Gasteiger partial charge on any atom is -0.494 e. The maximum atomic E-state index is 14.1. The van der Waals surface area contributed by atoms with Crippen LogP contribution in [0.25, 0.3) is 0 Å². The highest BCUT2D eigenvalue weighted by Gasteiger charge is 2.31. The molecule has 0 unspecified atom stereocenters. The van der Waals surface area contributed by atoms with E-state index in [9.17, 15) is 17.6 Å². The molecule has 0 aliphatic heterocycles. The highest BCUT2D eigenvalue weighted by Crippen LogP contribution is 2.25. The number of carbonyl (C=O) groups excluding carboxylic acids is 1. The summed E-state index contributed by atoms with van der Waals surface area (Å²) in [5.74, 6) is -0.740. The maximum absolute atomic E-state index is 14.1. The summed E-state index contributed by atoms with van der Waals surface area (Å²) in [4.78, 5) is 12.6. The summed E-state index contributed by atoms with van der Waals surface area (Å²) in [7, 11) is -3.89.